The molecule has 6 heteroatoms. The SMILES string of the molecule is NC(=O)CN1CCC[C@H]1c1nc2ccccc2n1[C@@H]1C[C@H]2CCC[C@@H](C1)N2[C@@H]1C[C@@H]2CCCC[C@@H](C2)C1. The molecule has 2 saturated carbocycles. The summed E-state index contributed by atoms with van der Waals surface area (Å²) in [6, 6.07) is 11.6. The molecule has 0 radical (unpaired) electrons. The smallest absolute Gasteiger partial charge is 0.231 e. The van der Waals surface area contributed by atoms with E-state index in [4.69, 9.17) is 10.7 Å². The molecule has 1 amide bonds. The van der Waals surface area contributed by atoms with E-state index in [1.807, 2.05) is 0 Å². The highest BCUT2D eigenvalue weighted by Crippen LogP contribution is 2.48. The number of carbonyl (C=O) groups is 1. The number of nitrogens with zero attached hydrogens (tertiary/aromatic N) is 4. The van der Waals surface area contributed by atoms with Gasteiger partial charge < -0.3 is 10.3 Å². The molecule has 0 unspecified atom stereocenters. The molecule has 2 aliphatic carbocycles. The van der Waals surface area contributed by atoms with Crippen LogP contribution < -0.4 is 5.73 Å². The number of para-hydroxylation sites is 2. The zero-order valence-corrected chi connectivity index (χ0v) is 22.4. The van der Waals surface area contributed by atoms with Gasteiger partial charge in [0, 0.05) is 24.2 Å². The molecule has 4 bridgehead atoms. The number of carbonyl (C=O) groups excluding carboxylic acids is 1. The van der Waals surface area contributed by atoms with Crippen molar-refractivity contribution in [3.63, 3.8) is 0 Å². The molecule has 1 aromatic carbocycles. The molecule has 2 aromatic rings. The fraction of sp³-hybridized carbons (Fsp3) is 0.742. The van der Waals surface area contributed by atoms with Crippen molar-refractivity contribution in [2.75, 3.05) is 13.1 Å². The van der Waals surface area contributed by atoms with E-state index in [0.717, 1.165) is 42.8 Å². The first kappa shape index (κ1) is 24.1. The summed E-state index contributed by atoms with van der Waals surface area (Å²) >= 11 is 0. The predicted molar refractivity (Wildman–Crippen MR) is 147 cm³/mol. The van der Waals surface area contributed by atoms with E-state index < -0.39 is 0 Å². The highest BCUT2D eigenvalue weighted by molar-refractivity contribution is 5.77. The van der Waals surface area contributed by atoms with Crippen LogP contribution in [0.3, 0.4) is 0 Å². The van der Waals surface area contributed by atoms with Crippen LogP contribution in [0.4, 0.5) is 0 Å². The summed E-state index contributed by atoms with van der Waals surface area (Å²) in [5.74, 6) is 2.91. The minimum Gasteiger partial charge on any atom is -0.369 e. The van der Waals surface area contributed by atoms with Crippen molar-refractivity contribution in [1.82, 2.24) is 19.4 Å². The molecule has 3 saturated heterocycles. The Labute approximate surface area is 222 Å². The quantitative estimate of drug-likeness (QED) is 0.579. The van der Waals surface area contributed by atoms with Gasteiger partial charge in [0.15, 0.2) is 0 Å². The Morgan fingerprint density at radius 2 is 1.54 bits per heavy atom. The minimum absolute atomic E-state index is 0.194. The third-order valence-corrected chi connectivity index (χ3v) is 10.8. The lowest BCUT2D eigenvalue weighted by atomic mass is 9.73. The number of rotatable bonds is 5. The van der Waals surface area contributed by atoms with Crippen molar-refractivity contribution in [2.45, 2.75) is 120 Å². The van der Waals surface area contributed by atoms with Crippen LogP contribution in [0.25, 0.3) is 11.0 Å². The number of primary amides is 1. The summed E-state index contributed by atoms with van der Waals surface area (Å²) in [5.41, 5.74) is 8.03. The van der Waals surface area contributed by atoms with Gasteiger partial charge in [0.25, 0.3) is 0 Å². The molecule has 200 valence electrons. The normalized spacial score (nSPS) is 37.0. The molecular formula is C31H45N5O. The van der Waals surface area contributed by atoms with Gasteiger partial charge in [-0.15, -0.1) is 0 Å². The third kappa shape index (κ3) is 4.52. The number of piperidine rings is 2. The number of hydrogen-bond donors (Lipinski definition) is 1. The van der Waals surface area contributed by atoms with Gasteiger partial charge in [0.2, 0.25) is 5.91 Å². The Kier molecular flexibility index (Phi) is 6.52. The van der Waals surface area contributed by atoms with Gasteiger partial charge in [-0.2, -0.15) is 0 Å². The van der Waals surface area contributed by atoms with E-state index in [2.05, 4.69) is 38.6 Å². The average Bonchev–Trinajstić information content (AvgIpc) is 3.45. The van der Waals surface area contributed by atoms with Gasteiger partial charge in [0.1, 0.15) is 5.82 Å². The van der Waals surface area contributed by atoms with Gasteiger partial charge in [-0.1, -0.05) is 44.2 Å². The van der Waals surface area contributed by atoms with Gasteiger partial charge >= 0.3 is 0 Å². The molecule has 1 aromatic heterocycles. The van der Waals surface area contributed by atoms with E-state index in [9.17, 15) is 4.79 Å². The van der Waals surface area contributed by atoms with Crippen LogP contribution in [0.5, 0.6) is 0 Å². The number of benzene rings is 1. The average molecular weight is 504 g/mol. The van der Waals surface area contributed by atoms with E-state index in [1.54, 1.807) is 0 Å². The fourth-order valence-electron chi connectivity index (χ4n) is 9.50. The molecule has 37 heavy (non-hydrogen) atoms. The highest BCUT2D eigenvalue weighted by atomic mass is 16.1. The fourth-order valence-corrected chi connectivity index (χ4v) is 9.50. The Morgan fingerprint density at radius 3 is 2.27 bits per heavy atom. The maximum Gasteiger partial charge on any atom is 0.231 e. The summed E-state index contributed by atoms with van der Waals surface area (Å²) in [6.45, 7) is 1.27. The van der Waals surface area contributed by atoms with Crippen LogP contribution >= 0.6 is 0 Å². The number of fused-ring (bicyclic) bond motifs is 5. The Hall–Kier alpha value is -1.92. The van der Waals surface area contributed by atoms with E-state index in [1.165, 1.54) is 88.4 Å². The lowest BCUT2D eigenvalue weighted by Gasteiger charge is -2.55. The topological polar surface area (TPSA) is 67.4 Å². The monoisotopic (exact) mass is 503 g/mol. The molecule has 3 aliphatic heterocycles. The molecule has 5 aliphatic rings. The van der Waals surface area contributed by atoms with Crippen LogP contribution in [0.2, 0.25) is 0 Å². The van der Waals surface area contributed by atoms with Crippen LogP contribution in [0.15, 0.2) is 24.3 Å². The van der Waals surface area contributed by atoms with Crippen molar-refractivity contribution in [1.29, 1.82) is 0 Å². The first-order chi connectivity index (χ1) is 18.1. The van der Waals surface area contributed by atoms with Gasteiger partial charge in [-0.05, 0) is 88.3 Å². The Morgan fingerprint density at radius 1 is 0.811 bits per heavy atom. The predicted octanol–water partition coefficient (Wildman–Crippen LogP) is 5.58. The zero-order valence-electron chi connectivity index (χ0n) is 22.4. The molecule has 7 rings (SSSR count). The number of nitrogens with two attached hydrogens (primary N) is 1. The van der Waals surface area contributed by atoms with Crippen molar-refractivity contribution >= 4 is 16.9 Å². The van der Waals surface area contributed by atoms with Crippen molar-refractivity contribution < 1.29 is 4.79 Å². The van der Waals surface area contributed by atoms with E-state index >= 15 is 0 Å². The number of imidazole rings is 1. The van der Waals surface area contributed by atoms with Gasteiger partial charge in [-0.3, -0.25) is 14.6 Å². The second kappa shape index (κ2) is 10.00. The number of aromatic nitrogens is 2. The van der Waals surface area contributed by atoms with Crippen LogP contribution in [-0.4, -0.2) is 56.5 Å². The summed E-state index contributed by atoms with van der Waals surface area (Å²) in [4.78, 5) is 22.4. The molecule has 5 fully saturated rings. The number of amides is 1. The lowest BCUT2D eigenvalue weighted by Crippen LogP contribution is -2.58. The largest absolute Gasteiger partial charge is 0.369 e. The maximum atomic E-state index is 11.9. The Bertz CT molecular complexity index is 1100. The van der Waals surface area contributed by atoms with Crippen molar-refractivity contribution in [3.05, 3.63) is 30.1 Å². The van der Waals surface area contributed by atoms with Gasteiger partial charge in [0.05, 0.1) is 23.6 Å². The summed E-state index contributed by atoms with van der Waals surface area (Å²) in [6.07, 6.45) is 19.1. The molecule has 0 spiro atoms. The standard InChI is InChI=1S/C31H45N5O/c32-30(37)20-34-14-6-13-29(34)31-33-27-11-3-4-12-28(27)36(31)26-18-23-9-5-10-24(19-26)35(23)25-16-21-7-1-2-8-22(15-21)17-25/h3-4,11-12,21-26,29H,1-2,5-10,13-20H2,(H2,32,37)/t21-,22+,23-,24+,25-,26-,29-/m0/s1. The van der Waals surface area contributed by atoms with Crippen molar-refractivity contribution in [2.24, 2.45) is 17.6 Å². The number of hydrogen-bond acceptors (Lipinski definition) is 4. The zero-order chi connectivity index (χ0) is 24.9. The second-order valence-electron chi connectivity index (χ2n) is 13.1. The van der Waals surface area contributed by atoms with Crippen LogP contribution in [-0.2, 0) is 4.79 Å². The molecule has 6 nitrogen and oxygen atoms in total. The minimum atomic E-state index is -0.231. The summed E-state index contributed by atoms with van der Waals surface area (Å²) in [5, 5.41) is 0. The highest BCUT2D eigenvalue weighted by Gasteiger charge is 2.45. The summed E-state index contributed by atoms with van der Waals surface area (Å²) in [7, 11) is 0. The first-order valence-electron chi connectivity index (χ1n) is 15.4. The molecule has 4 heterocycles. The van der Waals surface area contributed by atoms with Crippen LogP contribution in [0.1, 0.15) is 108 Å². The molecule has 7 atom stereocenters. The third-order valence-electron chi connectivity index (χ3n) is 10.8. The summed E-state index contributed by atoms with van der Waals surface area (Å²) < 4.78 is 2.63. The van der Waals surface area contributed by atoms with E-state index in [0.29, 0.717) is 24.7 Å². The lowest BCUT2D eigenvalue weighted by molar-refractivity contribution is -0.119. The maximum absolute atomic E-state index is 11.9. The van der Waals surface area contributed by atoms with E-state index in [-0.39, 0.29) is 11.9 Å². The Balaban J connectivity index is 1.20. The van der Waals surface area contributed by atoms with Crippen molar-refractivity contribution in [3.8, 4) is 0 Å². The van der Waals surface area contributed by atoms with Crippen LogP contribution in [0, 0.1) is 11.8 Å². The first-order valence-corrected chi connectivity index (χ1v) is 15.4. The molecule has 2 N–H and O–H groups in total. The number of likely N-dealkylation sites (tertiary alicyclic amines) is 1. The molecular weight excluding hydrogens is 458 g/mol. The second-order valence-corrected chi connectivity index (χ2v) is 13.1. The van der Waals surface area contributed by atoms with Gasteiger partial charge in [-0.25, -0.2) is 4.98 Å².